The summed E-state index contributed by atoms with van der Waals surface area (Å²) in [5, 5.41) is 26.0. The van der Waals surface area contributed by atoms with E-state index in [0.717, 1.165) is 17.4 Å². The van der Waals surface area contributed by atoms with Gasteiger partial charge in [0.1, 0.15) is 6.33 Å². The SMILES string of the molecule is Nn1cnn2c(SCC(=O)Nc3nnc(SCC(=O)Nc4ccccc4)s3)nnc12. The average Bonchev–Trinajstić information content (AvgIpc) is 3.44. The minimum Gasteiger partial charge on any atom is -0.335 e. The second-order valence-electron chi connectivity index (χ2n) is 5.65. The van der Waals surface area contributed by atoms with Crippen LogP contribution in [0.15, 0.2) is 46.2 Å². The summed E-state index contributed by atoms with van der Waals surface area (Å²) in [6, 6.07) is 9.19. The largest absolute Gasteiger partial charge is 0.335 e. The zero-order valence-electron chi connectivity index (χ0n) is 15.1. The lowest BCUT2D eigenvalue weighted by Gasteiger charge is -2.03. The summed E-state index contributed by atoms with van der Waals surface area (Å²) in [5.74, 6) is 5.85. The van der Waals surface area contributed by atoms with E-state index in [1.807, 2.05) is 30.3 Å². The molecule has 4 rings (SSSR count). The number of benzene rings is 1. The molecule has 0 aliphatic rings. The van der Waals surface area contributed by atoms with E-state index in [0.29, 0.717) is 20.4 Å². The molecule has 0 saturated heterocycles. The van der Waals surface area contributed by atoms with E-state index in [1.165, 1.54) is 38.6 Å². The molecule has 2 amide bonds. The van der Waals surface area contributed by atoms with Crippen molar-refractivity contribution in [2.24, 2.45) is 0 Å². The lowest BCUT2D eigenvalue weighted by atomic mass is 10.3. The Bertz CT molecular complexity index is 1170. The molecule has 0 aliphatic heterocycles. The monoisotopic (exact) mass is 462 g/mol. The zero-order valence-corrected chi connectivity index (χ0v) is 17.6. The molecule has 154 valence electrons. The number of rotatable bonds is 8. The van der Waals surface area contributed by atoms with Crippen molar-refractivity contribution in [3.63, 3.8) is 0 Å². The Balaban J connectivity index is 1.23. The summed E-state index contributed by atoms with van der Waals surface area (Å²) < 4.78 is 3.25. The second kappa shape index (κ2) is 9.10. The lowest BCUT2D eigenvalue weighted by Crippen LogP contribution is -2.14. The van der Waals surface area contributed by atoms with Crippen LogP contribution in [0.1, 0.15) is 0 Å². The summed E-state index contributed by atoms with van der Waals surface area (Å²) in [5.41, 5.74) is 0.731. The Morgan fingerprint density at radius 1 is 1.00 bits per heavy atom. The predicted molar refractivity (Wildman–Crippen MR) is 114 cm³/mol. The van der Waals surface area contributed by atoms with Gasteiger partial charge in [-0.3, -0.25) is 14.9 Å². The Labute approximate surface area is 181 Å². The van der Waals surface area contributed by atoms with Crippen molar-refractivity contribution in [3.05, 3.63) is 36.7 Å². The number of carbonyl (C=O) groups excluding carboxylic acids is 2. The van der Waals surface area contributed by atoms with Gasteiger partial charge in [0.15, 0.2) is 4.34 Å². The van der Waals surface area contributed by atoms with Crippen LogP contribution in [0.3, 0.4) is 0 Å². The summed E-state index contributed by atoms with van der Waals surface area (Å²) in [4.78, 5) is 24.1. The Hall–Kier alpha value is -3.17. The van der Waals surface area contributed by atoms with E-state index in [9.17, 15) is 9.59 Å². The van der Waals surface area contributed by atoms with Gasteiger partial charge in [-0.05, 0) is 12.1 Å². The van der Waals surface area contributed by atoms with Crippen molar-refractivity contribution in [1.29, 1.82) is 0 Å². The Morgan fingerprint density at radius 2 is 1.77 bits per heavy atom. The number of aromatic nitrogens is 7. The summed E-state index contributed by atoms with van der Waals surface area (Å²) >= 11 is 3.60. The van der Waals surface area contributed by atoms with Crippen LogP contribution >= 0.6 is 34.9 Å². The van der Waals surface area contributed by atoms with Crippen molar-refractivity contribution in [2.45, 2.75) is 9.50 Å². The van der Waals surface area contributed by atoms with Gasteiger partial charge in [0.25, 0.3) is 5.78 Å². The molecule has 0 spiro atoms. The molecule has 3 heterocycles. The number of para-hydroxylation sites is 1. The standard InChI is InChI=1S/C15H14N10O2S3/c16-24-8-17-25-13(24)21-22-14(25)28-6-11(27)19-12-20-23-15(30-12)29-7-10(26)18-9-4-2-1-3-5-9/h1-5,8H,6-7,16H2,(H,18,26)(H,19,20,27). The third-order valence-corrected chi connectivity index (χ3v) is 6.38. The molecule has 0 aliphatic carbocycles. The first-order chi connectivity index (χ1) is 14.6. The van der Waals surface area contributed by atoms with Gasteiger partial charge in [0.2, 0.25) is 22.1 Å². The predicted octanol–water partition coefficient (Wildman–Crippen LogP) is 0.953. The molecule has 3 aromatic heterocycles. The fourth-order valence-electron chi connectivity index (χ4n) is 2.22. The van der Waals surface area contributed by atoms with Crippen LogP contribution in [0, 0.1) is 0 Å². The number of nitrogens with zero attached hydrogens (tertiary/aromatic N) is 7. The maximum Gasteiger partial charge on any atom is 0.273 e. The number of hydrogen-bond acceptors (Lipinski definition) is 11. The third-order valence-electron chi connectivity index (χ3n) is 3.49. The first kappa shape index (κ1) is 20.1. The molecule has 1 aromatic carbocycles. The van der Waals surface area contributed by atoms with Crippen LogP contribution in [0.2, 0.25) is 0 Å². The Morgan fingerprint density at radius 3 is 2.60 bits per heavy atom. The van der Waals surface area contributed by atoms with Gasteiger partial charge in [-0.15, -0.1) is 20.4 Å². The molecule has 12 nitrogen and oxygen atoms in total. The van der Waals surface area contributed by atoms with E-state index in [4.69, 9.17) is 5.84 Å². The molecule has 0 radical (unpaired) electrons. The number of nitrogens with one attached hydrogen (secondary N) is 2. The minimum atomic E-state index is -0.279. The summed E-state index contributed by atoms with van der Waals surface area (Å²) in [6.45, 7) is 0. The molecule has 0 bridgehead atoms. The van der Waals surface area contributed by atoms with Crippen molar-refractivity contribution < 1.29 is 9.59 Å². The normalized spacial score (nSPS) is 10.9. The van der Waals surface area contributed by atoms with Gasteiger partial charge in [-0.25, -0.2) is 4.68 Å². The number of fused-ring (bicyclic) bond motifs is 1. The molecule has 4 N–H and O–H groups in total. The number of thioether (sulfide) groups is 2. The number of amides is 2. The number of hydrogen-bond donors (Lipinski definition) is 3. The molecule has 0 saturated carbocycles. The number of nitrogen functional groups attached to an aromatic ring is 1. The van der Waals surface area contributed by atoms with E-state index >= 15 is 0 Å². The minimum absolute atomic E-state index is 0.0831. The molecular formula is C15H14N10O2S3. The molecule has 0 atom stereocenters. The highest BCUT2D eigenvalue weighted by Gasteiger charge is 2.14. The quantitative estimate of drug-likeness (QED) is 0.195. The molecule has 0 fully saturated rings. The van der Waals surface area contributed by atoms with Crippen LogP contribution in [0.25, 0.3) is 5.78 Å². The van der Waals surface area contributed by atoms with Gasteiger partial charge in [-0.1, -0.05) is 53.1 Å². The summed E-state index contributed by atoms with van der Waals surface area (Å²) in [7, 11) is 0. The molecular weight excluding hydrogens is 448 g/mol. The smallest absolute Gasteiger partial charge is 0.273 e. The van der Waals surface area contributed by atoms with Crippen LogP contribution in [0.5, 0.6) is 0 Å². The van der Waals surface area contributed by atoms with Crippen molar-refractivity contribution in [1.82, 2.24) is 34.7 Å². The fraction of sp³-hybridized carbons (Fsp3) is 0.133. The van der Waals surface area contributed by atoms with E-state index in [1.54, 1.807) is 0 Å². The van der Waals surface area contributed by atoms with Gasteiger partial charge in [0.05, 0.1) is 11.5 Å². The highest BCUT2D eigenvalue weighted by Crippen LogP contribution is 2.26. The van der Waals surface area contributed by atoms with Crippen LogP contribution in [0.4, 0.5) is 10.8 Å². The average molecular weight is 463 g/mol. The zero-order chi connectivity index (χ0) is 20.9. The van der Waals surface area contributed by atoms with Crippen LogP contribution in [-0.2, 0) is 9.59 Å². The van der Waals surface area contributed by atoms with Crippen molar-refractivity contribution in [2.75, 3.05) is 28.0 Å². The maximum atomic E-state index is 12.2. The van der Waals surface area contributed by atoms with Gasteiger partial charge < -0.3 is 11.2 Å². The van der Waals surface area contributed by atoms with Crippen molar-refractivity contribution >= 4 is 63.3 Å². The van der Waals surface area contributed by atoms with Crippen molar-refractivity contribution in [3.8, 4) is 0 Å². The first-order valence-corrected chi connectivity index (χ1v) is 11.1. The highest BCUT2D eigenvalue weighted by molar-refractivity contribution is 8.01. The topological polar surface area (TPSA) is 158 Å². The van der Waals surface area contributed by atoms with E-state index < -0.39 is 0 Å². The maximum absolute atomic E-state index is 12.2. The van der Waals surface area contributed by atoms with Gasteiger partial charge in [-0.2, -0.15) is 9.61 Å². The number of anilines is 2. The summed E-state index contributed by atoms with van der Waals surface area (Å²) in [6.07, 6.45) is 1.40. The third kappa shape index (κ3) is 4.87. The lowest BCUT2D eigenvalue weighted by molar-refractivity contribution is -0.114. The number of nitrogens with two attached hydrogens (primary N) is 1. The van der Waals surface area contributed by atoms with Crippen LogP contribution in [-0.4, -0.2) is 58.0 Å². The Kier molecular flexibility index (Phi) is 6.10. The van der Waals surface area contributed by atoms with E-state index in [-0.39, 0.29) is 23.3 Å². The van der Waals surface area contributed by atoms with Gasteiger partial charge >= 0.3 is 0 Å². The van der Waals surface area contributed by atoms with Crippen LogP contribution < -0.4 is 16.5 Å². The second-order valence-corrected chi connectivity index (χ2v) is 8.79. The fourth-order valence-corrected chi connectivity index (χ4v) is 4.47. The number of carbonyl (C=O) groups is 2. The van der Waals surface area contributed by atoms with Gasteiger partial charge in [0, 0.05) is 5.69 Å². The molecule has 30 heavy (non-hydrogen) atoms. The first-order valence-electron chi connectivity index (χ1n) is 8.36. The highest BCUT2D eigenvalue weighted by atomic mass is 32.2. The molecule has 15 heteroatoms. The van der Waals surface area contributed by atoms with E-state index in [2.05, 4.69) is 36.1 Å². The molecule has 4 aromatic rings. The molecule has 0 unspecified atom stereocenters.